The number of nitrogens with zero attached hydrogens (tertiary/aromatic N) is 1. The van der Waals surface area contributed by atoms with Gasteiger partial charge in [-0.25, -0.2) is 4.98 Å². The number of alkyl halides is 1. The highest BCUT2D eigenvalue weighted by molar-refractivity contribution is 6.18. The van der Waals surface area contributed by atoms with Gasteiger partial charge < -0.3 is 5.32 Å². The van der Waals surface area contributed by atoms with Crippen LogP contribution in [0.3, 0.4) is 0 Å². The van der Waals surface area contributed by atoms with E-state index in [-0.39, 0.29) is 0 Å². The Morgan fingerprint density at radius 2 is 2.00 bits per heavy atom. The molecule has 1 N–H and O–H groups in total. The van der Waals surface area contributed by atoms with Crippen LogP contribution in [0.4, 0.5) is 5.82 Å². The van der Waals surface area contributed by atoms with Gasteiger partial charge in [-0.05, 0) is 18.2 Å². The quantitative estimate of drug-likeness (QED) is 0.782. The molecule has 2 rings (SSSR count). The Hall–Kier alpha value is -1.28. The first-order chi connectivity index (χ1) is 6.90. The van der Waals surface area contributed by atoms with Crippen LogP contribution in [-0.2, 0) is 0 Å². The van der Waals surface area contributed by atoms with Gasteiger partial charge in [0.2, 0.25) is 0 Å². The fraction of sp³-hybridized carbons (Fsp3) is 0.182. The third kappa shape index (κ3) is 1.96. The summed E-state index contributed by atoms with van der Waals surface area (Å²) in [6, 6.07) is 12.1. The Kier molecular flexibility index (Phi) is 2.84. The Labute approximate surface area is 87.9 Å². The average molecular weight is 207 g/mol. The Bertz CT molecular complexity index is 428. The first kappa shape index (κ1) is 9.28. The molecule has 0 radical (unpaired) electrons. The highest BCUT2D eigenvalue weighted by Gasteiger charge is 1.95. The lowest BCUT2D eigenvalue weighted by atomic mass is 10.2. The topological polar surface area (TPSA) is 24.9 Å². The molecular weight excluding hydrogens is 196 g/mol. The second kappa shape index (κ2) is 4.29. The normalized spacial score (nSPS) is 10.4. The molecule has 0 aliphatic rings. The van der Waals surface area contributed by atoms with Crippen molar-refractivity contribution in [1.82, 2.24) is 4.98 Å². The number of pyridine rings is 1. The van der Waals surface area contributed by atoms with E-state index >= 15 is 0 Å². The number of benzene rings is 1. The molecule has 14 heavy (non-hydrogen) atoms. The second-order valence-electron chi connectivity index (χ2n) is 3.00. The van der Waals surface area contributed by atoms with Gasteiger partial charge in [-0.3, -0.25) is 0 Å². The Morgan fingerprint density at radius 3 is 2.86 bits per heavy atom. The highest BCUT2D eigenvalue weighted by Crippen LogP contribution is 2.14. The summed E-state index contributed by atoms with van der Waals surface area (Å²) in [5, 5.41) is 4.30. The zero-order chi connectivity index (χ0) is 9.80. The number of para-hydroxylation sites is 1. The molecule has 3 heteroatoms. The molecular formula is C11H11ClN2. The van der Waals surface area contributed by atoms with Gasteiger partial charge in [-0.1, -0.05) is 18.2 Å². The first-order valence-electron chi connectivity index (χ1n) is 4.56. The van der Waals surface area contributed by atoms with Gasteiger partial charge in [-0.2, -0.15) is 0 Å². The summed E-state index contributed by atoms with van der Waals surface area (Å²) >= 11 is 5.58. The maximum atomic E-state index is 5.58. The van der Waals surface area contributed by atoms with Crippen LogP contribution >= 0.6 is 11.6 Å². The third-order valence-electron chi connectivity index (χ3n) is 2.00. The van der Waals surface area contributed by atoms with Gasteiger partial charge in [0.05, 0.1) is 5.52 Å². The van der Waals surface area contributed by atoms with Crippen LogP contribution in [0.2, 0.25) is 0 Å². The van der Waals surface area contributed by atoms with Crippen molar-refractivity contribution in [3.63, 3.8) is 0 Å². The predicted octanol–water partition coefficient (Wildman–Crippen LogP) is 2.89. The van der Waals surface area contributed by atoms with Crippen molar-refractivity contribution in [3.05, 3.63) is 36.4 Å². The van der Waals surface area contributed by atoms with Crippen molar-refractivity contribution < 1.29 is 0 Å². The molecule has 0 saturated heterocycles. The monoisotopic (exact) mass is 206 g/mol. The minimum absolute atomic E-state index is 0.592. The number of aromatic nitrogens is 1. The van der Waals surface area contributed by atoms with Crippen LogP contribution in [-0.4, -0.2) is 17.4 Å². The van der Waals surface area contributed by atoms with Crippen LogP contribution in [0.1, 0.15) is 0 Å². The van der Waals surface area contributed by atoms with E-state index in [1.165, 1.54) is 0 Å². The van der Waals surface area contributed by atoms with Crippen LogP contribution < -0.4 is 5.32 Å². The highest BCUT2D eigenvalue weighted by atomic mass is 35.5. The summed E-state index contributed by atoms with van der Waals surface area (Å²) in [6.45, 7) is 0.743. The summed E-state index contributed by atoms with van der Waals surface area (Å²) in [6.07, 6.45) is 0. The largest absolute Gasteiger partial charge is 0.369 e. The van der Waals surface area contributed by atoms with Crippen molar-refractivity contribution in [2.45, 2.75) is 0 Å². The predicted molar refractivity (Wildman–Crippen MR) is 61.0 cm³/mol. The smallest absolute Gasteiger partial charge is 0.126 e. The molecule has 0 unspecified atom stereocenters. The molecule has 0 aliphatic carbocycles. The molecule has 1 heterocycles. The van der Waals surface area contributed by atoms with Gasteiger partial charge >= 0.3 is 0 Å². The second-order valence-corrected chi connectivity index (χ2v) is 3.38. The number of halogens is 1. The van der Waals surface area contributed by atoms with Gasteiger partial charge in [0.25, 0.3) is 0 Å². The SMILES string of the molecule is ClCCNc1ccc2ccccc2n1. The summed E-state index contributed by atoms with van der Waals surface area (Å²) in [7, 11) is 0. The van der Waals surface area contributed by atoms with E-state index in [1.807, 2.05) is 30.3 Å². The minimum Gasteiger partial charge on any atom is -0.369 e. The fourth-order valence-corrected chi connectivity index (χ4v) is 1.43. The van der Waals surface area contributed by atoms with Gasteiger partial charge in [-0.15, -0.1) is 11.6 Å². The minimum atomic E-state index is 0.592. The van der Waals surface area contributed by atoms with Crippen molar-refractivity contribution >= 4 is 28.3 Å². The molecule has 0 saturated carbocycles. The standard InChI is InChI=1S/C11H11ClN2/c12-7-8-13-11-6-5-9-3-1-2-4-10(9)14-11/h1-6H,7-8H2,(H,13,14). The number of anilines is 1. The molecule has 1 aromatic carbocycles. The van der Waals surface area contributed by atoms with Crippen molar-refractivity contribution in [2.24, 2.45) is 0 Å². The van der Waals surface area contributed by atoms with E-state index in [9.17, 15) is 0 Å². The lowest BCUT2D eigenvalue weighted by Crippen LogP contribution is -2.03. The van der Waals surface area contributed by atoms with Crippen LogP contribution in [0.5, 0.6) is 0 Å². The number of rotatable bonds is 3. The first-order valence-corrected chi connectivity index (χ1v) is 5.09. The lowest BCUT2D eigenvalue weighted by Gasteiger charge is -2.03. The van der Waals surface area contributed by atoms with Crippen molar-refractivity contribution in [1.29, 1.82) is 0 Å². The third-order valence-corrected chi connectivity index (χ3v) is 2.19. The molecule has 0 aliphatic heterocycles. The lowest BCUT2D eigenvalue weighted by molar-refractivity contribution is 1.18. The zero-order valence-corrected chi connectivity index (χ0v) is 8.46. The number of fused-ring (bicyclic) bond motifs is 1. The maximum Gasteiger partial charge on any atom is 0.126 e. The van der Waals surface area contributed by atoms with Crippen molar-refractivity contribution in [3.8, 4) is 0 Å². The van der Waals surface area contributed by atoms with E-state index < -0.39 is 0 Å². The van der Waals surface area contributed by atoms with Gasteiger partial charge in [0, 0.05) is 17.8 Å². The number of nitrogens with one attached hydrogen (secondary N) is 1. The van der Waals surface area contributed by atoms with Crippen LogP contribution in [0.25, 0.3) is 10.9 Å². The number of hydrogen-bond donors (Lipinski definition) is 1. The average Bonchev–Trinajstić information content (AvgIpc) is 2.26. The van der Waals surface area contributed by atoms with E-state index in [1.54, 1.807) is 0 Å². The van der Waals surface area contributed by atoms with E-state index in [4.69, 9.17) is 11.6 Å². The summed E-state index contributed by atoms with van der Waals surface area (Å²) in [5.41, 5.74) is 1.01. The van der Waals surface area contributed by atoms with Gasteiger partial charge in [0.15, 0.2) is 0 Å². The Morgan fingerprint density at radius 1 is 1.14 bits per heavy atom. The molecule has 72 valence electrons. The zero-order valence-electron chi connectivity index (χ0n) is 7.70. The molecule has 0 fully saturated rings. The summed E-state index contributed by atoms with van der Waals surface area (Å²) in [5.74, 6) is 1.47. The molecule has 0 spiro atoms. The van der Waals surface area contributed by atoms with E-state index in [0.717, 1.165) is 23.3 Å². The molecule has 0 amide bonds. The van der Waals surface area contributed by atoms with E-state index in [0.29, 0.717) is 5.88 Å². The van der Waals surface area contributed by atoms with Crippen LogP contribution in [0, 0.1) is 0 Å². The Balaban J connectivity index is 2.32. The van der Waals surface area contributed by atoms with Gasteiger partial charge in [0.1, 0.15) is 5.82 Å². The van der Waals surface area contributed by atoms with E-state index in [2.05, 4.69) is 16.4 Å². The number of hydrogen-bond acceptors (Lipinski definition) is 2. The summed E-state index contributed by atoms with van der Waals surface area (Å²) in [4.78, 5) is 4.44. The maximum absolute atomic E-state index is 5.58. The van der Waals surface area contributed by atoms with Crippen LogP contribution in [0.15, 0.2) is 36.4 Å². The molecule has 0 bridgehead atoms. The molecule has 2 nitrogen and oxygen atoms in total. The fourth-order valence-electron chi connectivity index (χ4n) is 1.34. The molecule has 0 atom stereocenters. The van der Waals surface area contributed by atoms with Crippen molar-refractivity contribution in [2.75, 3.05) is 17.7 Å². The molecule has 1 aromatic heterocycles. The summed E-state index contributed by atoms with van der Waals surface area (Å²) < 4.78 is 0. The molecule has 2 aromatic rings.